The Morgan fingerprint density at radius 2 is 2.09 bits per heavy atom. The SMILES string of the molecule is CN1CC(c2cccc(C(N)=O)c2)=C2C=C(Cl)C=C(Cl)C2C1. The molecule has 1 amide bonds. The quantitative estimate of drug-likeness (QED) is 0.901. The van der Waals surface area contributed by atoms with Gasteiger partial charge in [-0.1, -0.05) is 35.3 Å². The molecule has 1 aliphatic carbocycles. The summed E-state index contributed by atoms with van der Waals surface area (Å²) in [6, 6.07) is 7.38. The molecular formula is C17H16Cl2N2O. The van der Waals surface area contributed by atoms with Gasteiger partial charge in [0.2, 0.25) is 5.91 Å². The summed E-state index contributed by atoms with van der Waals surface area (Å²) in [6.07, 6.45) is 3.77. The number of amides is 1. The highest BCUT2D eigenvalue weighted by Crippen LogP contribution is 2.40. The van der Waals surface area contributed by atoms with Crippen molar-refractivity contribution < 1.29 is 4.79 Å². The lowest BCUT2D eigenvalue weighted by molar-refractivity contribution is 0.100. The fourth-order valence-corrected chi connectivity index (χ4v) is 3.61. The van der Waals surface area contributed by atoms with Gasteiger partial charge in [0.15, 0.2) is 0 Å². The highest BCUT2D eigenvalue weighted by molar-refractivity contribution is 6.35. The Bertz CT molecular complexity index is 734. The number of allylic oxidation sites excluding steroid dienone is 3. The fourth-order valence-electron chi connectivity index (χ4n) is 3.01. The van der Waals surface area contributed by atoms with Crippen LogP contribution < -0.4 is 5.73 Å². The summed E-state index contributed by atoms with van der Waals surface area (Å²) in [4.78, 5) is 13.6. The molecule has 0 aromatic heterocycles. The van der Waals surface area contributed by atoms with Crippen LogP contribution >= 0.6 is 23.2 Å². The van der Waals surface area contributed by atoms with E-state index in [9.17, 15) is 4.79 Å². The molecule has 22 heavy (non-hydrogen) atoms. The summed E-state index contributed by atoms with van der Waals surface area (Å²) in [7, 11) is 2.05. The highest BCUT2D eigenvalue weighted by atomic mass is 35.5. The molecular weight excluding hydrogens is 319 g/mol. The summed E-state index contributed by atoms with van der Waals surface area (Å²) in [5, 5.41) is 1.38. The average Bonchev–Trinajstić information content (AvgIpc) is 2.47. The zero-order valence-electron chi connectivity index (χ0n) is 12.1. The molecule has 1 aliphatic heterocycles. The van der Waals surface area contributed by atoms with Crippen molar-refractivity contribution in [2.75, 3.05) is 20.1 Å². The smallest absolute Gasteiger partial charge is 0.248 e. The van der Waals surface area contributed by atoms with E-state index in [4.69, 9.17) is 28.9 Å². The predicted molar refractivity (Wildman–Crippen MR) is 90.7 cm³/mol. The van der Waals surface area contributed by atoms with Gasteiger partial charge in [-0.15, -0.1) is 0 Å². The minimum Gasteiger partial charge on any atom is -0.366 e. The second-order valence-corrected chi connectivity index (χ2v) is 6.56. The van der Waals surface area contributed by atoms with Crippen molar-refractivity contribution in [3.05, 3.63) is 63.2 Å². The Balaban J connectivity index is 2.15. The van der Waals surface area contributed by atoms with Gasteiger partial charge in [0, 0.05) is 34.6 Å². The van der Waals surface area contributed by atoms with Crippen molar-refractivity contribution in [3.8, 4) is 0 Å². The van der Waals surface area contributed by atoms with Gasteiger partial charge in [-0.2, -0.15) is 0 Å². The first-order valence-corrected chi connectivity index (χ1v) is 7.77. The summed E-state index contributed by atoms with van der Waals surface area (Å²) in [5.74, 6) is -0.307. The van der Waals surface area contributed by atoms with Crippen molar-refractivity contribution in [1.29, 1.82) is 0 Å². The van der Waals surface area contributed by atoms with Gasteiger partial charge < -0.3 is 10.6 Å². The molecule has 3 nitrogen and oxygen atoms in total. The molecule has 3 rings (SSSR count). The Morgan fingerprint density at radius 3 is 2.82 bits per heavy atom. The van der Waals surface area contributed by atoms with Crippen LogP contribution in [0.1, 0.15) is 15.9 Å². The van der Waals surface area contributed by atoms with Crippen LogP contribution in [0.15, 0.2) is 52.1 Å². The lowest BCUT2D eigenvalue weighted by atomic mass is 9.83. The maximum atomic E-state index is 11.4. The lowest BCUT2D eigenvalue weighted by Crippen LogP contribution is -2.34. The van der Waals surface area contributed by atoms with Gasteiger partial charge in [0.1, 0.15) is 0 Å². The van der Waals surface area contributed by atoms with Gasteiger partial charge in [0.05, 0.1) is 0 Å². The number of rotatable bonds is 2. The monoisotopic (exact) mass is 334 g/mol. The number of primary amides is 1. The summed E-state index contributed by atoms with van der Waals surface area (Å²) < 4.78 is 0. The van der Waals surface area contributed by atoms with Crippen LogP contribution in [0.5, 0.6) is 0 Å². The largest absolute Gasteiger partial charge is 0.366 e. The van der Waals surface area contributed by atoms with Crippen LogP contribution in [0.25, 0.3) is 5.57 Å². The zero-order chi connectivity index (χ0) is 15.9. The Morgan fingerprint density at radius 1 is 1.32 bits per heavy atom. The first-order valence-electron chi connectivity index (χ1n) is 7.02. The maximum Gasteiger partial charge on any atom is 0.248 e. The normalized spacial score (nSPS) is 22.0. The number of fused-ring (bicyclic) bond motifs is 1. The first-order chi connectivity index (χ1) is 10.5. The lowest BCUT2D eigenvalue weighted by Gasteiger charge is -2.35. The highest BCUT2D eigenvalue weighted by Gasteiger charge is 2.30. The molecule has 0 bridgehead atoms. The van der Waals surface area contributed by atoms with E-state index in [0.29, 0.717) is 10.6 Å². The van der Waals surface area contributed by atoms with Gasteiger partial charge in [0.25, 0.3) is 0 Å². The first kappa shape index (κ1) is 15.3. The second-order valence-electron chi connectivity index (χ2n) is 5.69. The molecule has 1 unspecified atom stereocenters. The molecule has 114 valence electrons. The van der Waals surface area contributed by atoms with Crippen LogP contribution in [-0.2, 0) is 0 Å². The Kier molecular flexibility index (Phi) is 4.13. The van der Waals surface area contributed by atoms with Crippen molar-refractivity contribution in [2.24, 2.45) is 11.7 Å². The van der Waals surface area contributed by atoms with E-state index in [2.05, 4.69) is 11.9 Å². The molecule has 0 fully saturated rings. The van der Waals surface area contributed by atoms with Crippen molar-refractivity contribution in [3.63, 3.8) is 0 Å². The fraction of sp³-hybridized carbons (Fsp3) is 0.235. The zero-order valence-corrected chi connectivity index (χ0v) is 13.7. The molecule has 1 aromatic rings. The van der Waals surface area contributed by atoms with Crippen molar-refractivity contribution >= 4 is 34.7 Å². The molecule has 5 heteroatoms. The third-order valence-corrected chi connectivity index (χ3v) is 4.63. The van der Waals surface area contributed by atoms with Crippen LogP contribution in [0.4, 0.5) is 0 Å². The van der Waals surface area contributed by atoms with E-state index in [-0.39, 0.29) is 5.92 Å². The second kappa shape index (κ2) is 5.92. The molecule has 0 radical (unpaired) electrons. The van der Waals surface area contributed by atoms with E-state index in [1.165, 1.54) is 0 Å². The Labute approximate surface area is 139 Å². The number of hydrogen-bond donors (Lipinski definition) is 1. The molecule has 0 saturated carbocycles. The minimum atomic E-state index is -0.427. The molecule has 2 N–H and O–H groups in total. The number of nitrogens with two attached hydrogens (primary N) is 1. The topological polar surface area (TPSA) is 46.3 Å². The molecule has 1 aromatic carbocycles. The standard InChI is InChI=1S/C17H16Cl2N2O/c1-21-8-14(10-3-2-4-11(5-10)17(20)22)13-6-12(18)7-16(19)15(13)9-21/h2-7,15H,8-9H2,1H3,(H2,20,22). The van der Waals surface area contributed by atoms with E-state index in [1.54, 1.807) is 12.1 Å². The van der Waals surface area contributed by atoms with Crippen LogP contribution in [0.2, 0.25) is 0 Å². The molecule has 1 heterocycles. The Hall–Kier alpha value is -1.55. The number of carbonyl (C=O) groups excluding carboxylic acids is 1. The van der Waals surface area contributed by atoms with E-state index >= 15 is 0 Å². The van der Waals surface area contributed by atoms with Gasteiger partial charge in [-0.25, -0.2) is 0 Å². The number of halogens is 2. The van der Waals surface area contributed by atoms with E-state index in [0.717, 1.165) is 34.8 Å². The van der Waals surface area contributed by atoms with Crippen LogP contribution in [0, 0.1) is 5.92 Å². The van der Waals surface area contributed by atoms with E-state index in [1.807, 2.05) is 24.3 Å². The molecule has 2 aliphatic rings. The van der Waals surface area contributed by atoms with Crippen molar-refractivity contribution in [1.82, 2.24) is 4.90 Å². The summed E-state index contributed by atoms with van der Waals surface area (Å²) in [6.45, 7) is 1.63. The predicted octanol–water partition coefficient (Wildman–Crippen LogP) is 3.36. The third-order valence-electron chi connectivity index (χ3n) is 4.04. The number of nitrogens with zero attached hydrogens (tertiary/aromatic N) is 1. The van der Waals surface area contributed by atoms with E-state index < -0.39 is 5.91 Å². The van der Waals surface area contributed by atoms with Crippen LogP contribution in [0.3, 0.4) is 0 Å². The summed E-state index contributed by atoms with van der Waals surface area (Å²) in [5.41, 5.74) is 9.12. The molecule has 0 saturated heterocycles. The van der Waals surface area contributed by atoms with Gasteiger partial charge in [-0.05, 0) is 48.0 Å². The number of hydrogen-bond acceptors (Lipinski definition) is 2. The summed E-state index contributed by atoms with van der Waals surface area (Å²) >= 11 is 12.6. The van der Waals surface area contributed by atoms with Crippen molar-refractivity contribution in [2.45, 2.75) is 0 Å². The van der Waals surface area contributed by atoms with Gasteiger partial charge >= 0.3 is 0 Å². The molecule has 0 spiro atoms. The maximum absolute atomic E-state index is 11.4. The average molecular weight is 335 g/mol. The molecule has 1 atom stereocenters. The van der Waals surface area contributed by atoms with Gasteiger partial charge in [-0.3, -0.25) is 4.79 Å². The third kappa shape index (κ3) is 2.84. The van der Waals surface area contributed by atoms with Crippen LogP contribution in [-0.4, -0.2) is 30.9 Å². The number of likely N-dealkylation sites (N-methyl/N-ethyl adjacent to an activating group) is 1. The number of benzene rings is 1. The number of carbonyl (C=O) groups is 1. The minimum absolute atomic E-state index is 0.121.